The highest BCUT2D eigenvalue weighted by Gasteiger charge is 2.08. The van der Waals surface area contributed by atoms with E-state index >= 15 is 0 Å². The van der Waals surface area contributed by atoms with E-state index in [1.54, 1.807) is 34.8 Å². The highest BCUT2D eigenvalue weighted by Crippen LogP contribution is 2.28. The van der Waals surface area contributed by atoms with Crippen molar-refractivity contribution in [3.05, 3.63) is 57.2 Å². The number of thiophene rings is 1. The highest BCUT2D eigenvalue weighted by molar-refractivity contribution is 7.16. The lowest BCUT2D eigenvalue weighted by Gasteiger charge is -2.06. The quantitative estimate of drug-likeness (QED) is 0.674. The first-order valence-corrected chi connectivity index (χ1v) is 9.83. The van der Waals surface area contributed by atoms with Gasteiger partial charge in [0.1, 0.15) is 0 Å². The summed E-state index contributed by atoms with van der Waals surface area (Å²) in [5.74, 6) is -0.143. The molecular formula is C19H19N3O2S2. The van der Waals surface area contributed by atoms with Crippen molar-refractivity contribution in [1.29, 1.82) is 0 Å². The van der Waals surface area contributed by atoms with Crippen LogP contribution in [0.2, 0.25) is 0 Å². The number of aromatic nitrogens is 1. The van der Waals surface area contributed by atoms with Crippen LogP contribution in [-0.4, -0.2) is 16.8 Å². The molecule has 3 aromatic rings. The molecule has 2 heterocycles. The Kier molecular flexibility index (Phi) is 5.80. The summed E-state index contributed by atoms with van der Waals surface area (Å²) in [7, 11) is 0. The number of benzene rings is 1. The molecule has 0 bridgehead atoms. The summed E-state index contributed by atoms with van der Waals surface area (Å²) >= 11 is 3.28. The lowest BCUT2D eigenvalue weighted by atomic mass is 10.1. The fraction of sp³-hybridized carbons (Fsp3) is 0.211. The molecule has 0 saturated carbocycles. The summed E-state index contributed by atoms with van der Waals surface area (Å²) in [6.07, 6.45) is 0.309. The zero-order valence-electron chi connectivity index (χ0n) is 14.5. The van der Waals surface area contributed by atoms with Crippen molar-refractivity contribution in [1.82, 2.24) is 10.3 Å². The van der Waals surface area contributed by atoms with Crippen LogP contribution in [0.3, 0.4) is 0 Å². The summed E-state index contributed by atoms with van der Waals surface area (Å²) in [6, 6.07) is 11.4. The fourth-order valence-electron chi connectivity index (χ4n) is 2.43. The minimum absolute atomic E-state index is 0.0308. The van der Waals surface area contributed by atoms with Gasteiger partial charge in [-0.3, -0.25) is 9.59 Å². The van der Waals surface area contributed by atoms with Gasteiger partial charge in [0, 0.05) is 22.9 Å². The van der Waals surface area contributed by atoms with Gasteiger partial charge in [-0.25, -0.2) is 4.98 Å². The van der Waals surface area contributed by atoms with Gasteiger partial charge < -0.3 is 10.6 Å². The lowest BCUT2D eigenvalue weighted by Crippen LogP contribution is -2.24. The van der Waals surface area contributed by atoms with Crippen molar-refractivity contribution < 1.29 is 9.59 Å². The number of carbonyl (C=O) groups excluding carboxylic acids is 2. The molecular weight excluding hydrogens is 366 g/mol. The summed E-state index contributed by atoms with van der Waals surface area (Å²) in [5, 5.41) is 8.75. The predicted molar refractivity (Wildman–Crippen MR) is 106 cm³/mol. The highest BCUT2D eigenvalue weighted by atomic mass is 32.1. The molecule has 2 amide bonds. The smallest absolute Gasteiger partial charge is 0.224 e. The molecule has 0 aliphatic rings. The van der Waals surface area contributed by atoms with Crippen molar-refractivity contribution in [2.45, 2.75) is 26.8 Å². The molecule has 5 nitrogen and oxygen atoms in total. The Morgan fingerprint density at radius 1 is 1.12 bits per heavy atom. The number of amides is 2. The van der Waals surface area contributed by atoms with Crippen LogP contribution in [0.25, 0.3) is 10.6 Å². The van der Waals surface area contributed by atoms with Gasteiger partial charge >= 0.3 is 0 Å². The fourth-order valence-corrected chi connectivity index (χ4v) is 4.03. The van der Waals surface area contributed by atoms with Crippen LogP contribution in [0, 0.1) is 6.92 Å². The second kappa shape index (κ2) is 8.25. The minimum Gasteiger partial charge on any atom is -0.351 e. The largest absolute Gasteiger partial charge is 0.351 e. The number of nitrogens with one attached hydrogen (secondary N) is 2. The van der Waals surface area contributed by atoms with E-state index in [2.05, 4.69) is 15.6 Å². The first-order valence-electron chi connectivity index (χ1n) is 8.14. The SMILES string of the molecule is CC(=O)Nc1ccc(CC(=O)NCc2ccc(-c3csc(C)n3)s2)cc1. The van der Waals surface area contributed by atoms with Crippen LogP contribution in [0.4, 0.5) is 5.69 Å². The van der Waals surface area contributed by atoms with E-state index in [0.29, 0.717) is 13.0 Å². The molecule has 0 aliphatic heterocycles. The summed E-state index contributed by atoms with van der Waals surface area (Å²) in [6.45, 7) is 3.97. The second-order valence-electron chi connectivity index (χ2n) is 5.85. The van der Waals surface area contributed by atoms with E-state index in [4.69, 9.17) is 0 Å². The molecule has 2 N–H and O–H groups in total. The van der Waals surface area contributed by atoms with Gasteiger partial charge in [0.25, 0.3) is 0 Å². The van der Waals surface area contributed by atoms with Crippen LogP contribution in [0.5, 0.6) is 0 Å². The molecule has 0 spiro atoms. The third-order valence-electron chi connectivity index (χ3n) is 3.63. The Balaban J connectivity index is 1.51. The van der Waals surface area contributed by atoms with Gasteiger partial charge in [0.05, 0.1) is 28.5 Å². The molecule has 1 aromatic carbocycles. The number of anilines is 1. The molecule has 3 rings (SSSR count). The summed E-state index contributed by atoms with van der Waals surface area (Å²) in [5.41, 5.74) is 2.63. The van der Waals surface area contributed by atoms with E-state index < -0.39 is 0 Å². The number of thiazole rings is 1. The van der Waals surface area contributed by atoms with Crippen LogP contribution in [0.1, 0.15) is 22.4 Å². The summed E-state index contributed by atoms with van der Waals surface area (Å²) < 4.78 is 0. The molecule has 0 fully saturated rings. The molecule has 2 aromatic heterocycles. The zero-order valence-corrected chi connectivity index (χ0v) is 16.2. The Hall–Kier alpha value is -2.51. The van der Waals surface area contributed by atoms with Crippen LogP contribution < -0.4 is 10.6 Å². The van der Waals surface area contributed by atoms with E-state index in [-0.39, 0.29) is 11.8 Å². The van der Waals surface area contributed by atoms with E-state index in [1.165, 1.54) is 6.92 Å². The molecule has 0 radical (unpaired) electrons. The number of rotatable bonds is 6. The Morgan fingerprint density at radius 2 is 1.88 bits per heavy atom. The maximum atomic E-state index is 12.1. The third kappa shape index (κ3) is 5.00. The van der Waals surface area contributed by atoms with Gasteiger partial charge in [-0.1, -0.05) is 12.1 Å². The lowest BCUT2D eigenvalue weighted by molar-refractivity contribution is -0.120. The molecule has 7 heteroatoms. The molecule has 0 saturated heterocycles. The monoisotopic (exact) mass is 385 g/mol. The van der Waals surface area contributed by atoms with Gasteiger partial charge in [-0.15, -0.1) is 22.7 Å². The van der Waals surface area contributed by atoms with E-state index in [1.807, 2.05) is 36.6 Å². The van der Waals surface area contributed by atoms with Crippen molar-refractivity contribution in [3.63, 3.8) is 0 Å². The first kappa shape index (κ1) is 18.3. The Bertz CT molecular complexity index is 913. The van der Waals surface area contributed by atoms with Crippen LogP contribution >= 0.6 is 22.7 Å². The van der Waals surface area contributed by atoms with Crippen molar-refractivity contribution in [2.75, 3.05) is 5.32 Å². The van der Waals surface area contributed by atoms with Gasteiger partial charge in [0.15, 0.2) is 0 Å². The maximum absolute atomic E-state index is 12.1. The molecule has 0 aliphatic carbocycles. The average molecular weight is 386 g/mol. The predicted octanol–water partition coefficient (Wildman–Crippen LogP) is 4.00. The number of hydrogen-bond donors (Lipinski definition) is 2. The normalized spacial score (nSPS) is 10.5. The van der Waals surface area contributed by atoms with Crippen molar-refractivity contribution in [3.8, 4) is 10.6 Å². The van der Waals surface area contributed by atoms with Gasteiger partial charge in [0.2, 0.25) is 11.8 Å². The molecule has 0 atom stereocenters. The first-order chi connectivity index (χ1) is 12.5. The van der Waals surface area contributed by atoms with Crippen molar-refractivity contribution >= 4 is 40.2 Å². The zero-order chi connectivity index (χ0) is 18.5. The van der Waals surface area contributed by atoms with E-state index in [9.17, 15) is 9.59 Å². The average Bonchev–Trinajstić information content (AvgIpc) is 3.23. The number of nitrogens with zero attached hydrogens (tertiary/aromatic N) is 1. The molecule has 26 heavy (non-hydrogen) atoms. The van der Waals surface area contributed by atoms with E-state index in [0.717, 1.165) is 31.7 Å². The second-order valence-corrected chi connectivity index (χ2v) is 8.08. The number of aryl methyl sites for hydroxylation is 1. The molecule has 134 valence electrons. The number of hydrogen-bond acceptors (Lipinski definition) is 5. The minimum atomic E-state index is -0.112. The Morgan fingerprint density at radius 3 is 2.54 bits per heavy atom. The van der Waals surface area contributed by atoms with Crippen molar-refractivity contribution in [2.24, 2.45) is 0 Å². The Labute approximate surface area is 160 Å². The summed E-state index contributed by atoms with van der Waals surface area (Å²) in [4.78, 5) is 29.9. The maximum Gasteiger partial charge on any atom is 0.224 e. The van der Waals surface area contributed by atoms with Crippen LogP contribution in [-0.2, 0) is 22.6 Å². The topological polar surface area (TPSA) is 71.1 Å². The van der Waals surface area contributed by atoms with Crippen LogP contribution in [0.15, 0.2) is 41.8 Å². The molecule has 0 unspecified atom stereocenters. The standard InChI is InChI=1S/C19H19N3O2S2/c1-12(23)21-15-5-3-14(4-6-15)9-19(24)20-10-16-7-8-18(26-16)17-11-25-13(2)22-17/h3-8,11H,9-10H2,1-2H3,(H,20,24)(H,21,23). The number of carbonyl (C=O) groups is 2. The third-order valence-corrected chi connectivity index (χ3v) is 5.51. The van der Waals surface area contributed by atoms with Gasteiger partial charge in [-0.05, 0) is 36.8 Å². The van der Waals surface area contributed by atoms with Gasteiger partial charge in [-0.2, -0.15) is 0 Å².